The Hall–Kier alpha value is -7.42. The molecule has 0 bridgehead atoms. The van der Waals surface area contributed by atoms with Gasteiger partial charge >= 0.3 is 0 Å². The number of benzene rings is 9. The highest BCUT2D eigenvalue weighted by molar-refractivity contribution is 6.13. The molecule has 0 aliphatic carbocycles. The van der Waals surface area contributed by atoms with E-state index < -0.39 is 317 Å². The summed E-state index contributed by atoms with van der Waals surface area (Å²) in [6, 6.07) is -37.3. The monoisotopic (exact) mass is 749 g/mol. The van der Waals surface area contributed by atoms with Gasteiger partial charge in [0.2, 0.25) is 0 Å². The van der Waals surface area contributed by atoms with Crippen molar-refractivity contribution in [1.29, 1.82) is 0 Å². The van der Waals surface area contributed by atoms with Crippen LogP contribution in [0.1, 0.15) is 49.3 Å². The van der Waals surface area contributed by atoms with Crippen LogP contribution in [0, 0.1) is 0 Å². The standard InChI is InChI=1S/C54H36N2/c1-3-14-37(15-4-1)40-18-13-19-41(34-40)38-26-30-44(31-27-38)55-51-24-11-8-21-46(51)48-35-42(28-32-53(48)55)43-29-33-54-49(36-43)47-22-9-12-25-52(47)56(54)50-23-10-7-20-45(50)39-16-5-2-6-17-39/h1-36H/i1D,2D,3D,4D,5D,6D,7D,8D,9D,10D,11D,12D,13D,14D,15D,16D,17D,18D,19D,20D,21D,22D,23D,24D,25D,26D,27D,28D,29D,30D,31D,32D,33D,34D,35D,36D. The Labute approximate surface area is 376 Å². The van der Waals surface area contributed by atoms with Gasteiger partial charge in [-0.3, -0.25) is 0 Å². The van der Waals surface area contributed by atoms with Crippen LogP contribution in [0.25, 0.3) is 99.5 Å². The van der Waals surface area contributed by atoms with E-state index in [1.807, 2.05) is 0 Å². The van der Waals surface area contributed by atoms with Gasteiger partial charge in [0.1, 0.15) is 0 Å². The van der Waals surface area contributed by atoms with Crippen LogP contribution in [-0.4, -0.2) is 9.13 Å². The first-order valence-electron chi connectivity index (χ1n) is 34.3. The minimum atomic E-state index is -1.18. The Morgan fingerprint density at radius 2 is 0.696 bits per heavy atom. The predicted molar refractivity (Wildman–Crippen MR) is 237 cm³/mol. The van der Waals surface area contributed by atoms with Gasteiger partial charge in [-0.2, -0.15) is 0 Å². The third-order valence-corrected chi connectivity index (χ3v) is 8.67. The van der Waals surface area contributed by atoms with Gasteiger partial charge in [0.15, 0.2) is 0 Å². The minimum absolute atomic E-state index is 0.612. The molecule has 262 valence electrons. The summed E-state index contributed by atoms with van der Waals surface area (Å²) in [5, 5.41) is -2.92. The molecule has 0 atom stereocenters. The minimum Gasteiger partial charge on any atom is -0.309 e. The molecule has 0 aliphatic heterocycles. The van der Waals surface area contributed by atoms with E-state index in [-0.39, 0.29) is 0 Å². The van der Waals surface area contributed by atoms with Crippen LogP contribution in [-0.2, 0) is 0 Å². The first-order chi connectivity index (χ1) is 42.8. The van der Waals surface area contributed by atoms with Gasteiger partial charge in [0, 0.05) is 32.8 Å². The molecule has 2 aromatic heterocycles. The fourth-order valence-electron chi connectivity index (χ4n) is 6.27. The molecular formula is C54H36N2. The van der Waals surface area contributed by atoms with E-state index in [1.165, 1.54) is 0 Å². The van der Waals surface area contributed by atoms with Crippen LogP contribution in [0.4, 0.5) is 0 Å². The molecule has 0 amide bonds. The van der Waals surface area contributed by atoms with Crippen molar-refractivity contribution in [2.24, 2.45) is 0 Å². The maximum absolute atomic E-state index is 9.99. The van der Waals surface area contributed by atoms with E-state index in [1.54, 1.807) is 0 Å². The molecular weight excluding hydrogens is 677 g/mol. The predicted octanol–water partition coefficient (Wildman–Crippen LogP) is 14.5. The largest absolute Gasteiger partial charge is 0.309 e. The fraction of sp³-hybridized carbons (Fsp3) is 0. The van der Waals surface area contributed by atoms with Gasteiger partial charge in [-0.05, 0) is 99.4 Å². The summed E-state index contributed by atoms with van der Waals surface area (Å²) in [7, 11) is 0. The van der Waals surface area contributed by atoms with Gasteiger partial charge in [0.25, 0.3) is 0 Å². The van der Waals surface area contributed by atoms with Crippen LogP contribution in [0.5, 0.6) is 0 Å². The number of rotatable bonds is 6. The molecule has 11 aromatic rings. The van der Waals surface area contributed by atoms with E-state index in [0.29, 0.717) is 9.13 Å². The highest BCUT2D eigenvalue weighted by Crippen LogP contribution is 2.40. The second-order valence-corrected chi connectivity index (χ2v) is 11.8. The Bertz CT molecular complexity index is 5260. The molecule has 2 heteroatoms. The van der Waals surface area contributed by atoms with Gasteiger partial charge < -0.3 is 9.13 Å². The first kappa shape index (κ1) is 12.3. The van der Waals surface area contributed by atoms with Gasteiger partial charge in [-0.15, -0.1) is 0 Å². The van der Waals surface area contributed by atoms with Crippen LogP contribution in [0.15, 0.2) is 218 Å². The zero-order chi connectivity index (χ0) is 68.3. The summed E-state index contributed by atoms with van der Waals surface area (Å²) >= 11 is 0. The summed E-state index contributed by atoms with van der Waals surface area (Å²) in [5.74, 6) is 0. The van der Waals surface area contributed by atoms with E-state index >= 15 is 0 Å². The smallest absolute Gasteiger partial charge is 0.0645 e. The van der Waals surface area contributed by atoms with Crippen LogP contribution in [0.2, 0.25) is 0 Å². The second kappa shape index (κ2) is 13.2. The summed E-state index contributed by atoms with van der Waals surface area (Å²) in [6.45, 7) is 0. The average molecular weight is 749 g/mol. The highest BCUT2D eigenvalue weighted by atomic mass is 15.0. The van der Waals surface area contributed by atoms with E-state index in [0.717, 1.165) is 0 Å². The summed E-state index contributed by atoms with van der Waals surface area (Å²) < 4.78 is 326. The van der Waals surface area contributed by atoms with Gasteiger partial charge in [0.05, 0.1) is 77.1 Å². The Morgan fingerprint density at radius 1 is 0.268 bits per heavy atom. The number of nitrogens with zero attached hydrogens (tertiary/aromatic N) is 2. The van der Waals surface area contributed by atoms with Crippen molar-refractivity contribution < 1.29 is 49.3 Å². The van der Waals surface area contributed by atoms with Crippen molar-refractivity contribution in [2.75, 3.05) is 0 Å². The second-order valence-electron chi connectivity index (χ2n) is 11.8. The van der Waals surface area contributed by atoms with Crippen LogP contribution < -0.4 is 0 Å². The quantitative estimate of drug-likeness (QED) is 0.160. The molecule has 0 aliphatic rings. The van der Waals surface area contributed by atoms with Gasteiger partial charge in [-0.1, -0.05) is 157 Å². The first-order valence-corrected chi connectivity index (χ1v) is 16.3. The van der Waals surface area contributed by atoms with Crippen molar-refractivity contribution in [3.63, 3.8) is 0 Å². The molecule has 0 radical (unpaired) electrons. The number of hydrogen-bond acceptors (Lipinski definition) is 0. The molecule has 0 spiro atoms. The number of hydrogen-bond donors (Lipinski definition) is 0. The van der Waals surface area contributed by atoms with E-state index in [4.69, 9.17) is 27.4 Å². The third-order valence-electron chi connectivity index (χ3n) is 8.67. The Balaban J connectivity index is 1.28. The molecule has 2 nitrogen and oxygen atoms in total. The van der Waals surface area contributed by atoms with Gasteiger partial charge in [-0.25, -0.2) is 0 Å². The summed E-state index contributed by atoms with van der Waals surface area (Å²) in [6.07, 6.45) is 0. The van der Waals surface area contributed by atoms with E-state index in [2.05, 4.69) is 0 Å². The Morgan fingerprint density at radius 3 is 1.34 bits per heavy atom. The molecule has 0 saturated heterocycles. The lowest BCUT2D eigenvalue weighted by atomic mass is 9.99. The molecule has 0 fully saturated rings. The number of aromatic nitrogens is 2. The summed E-state index contributed by atoms with van der Waals surface area (Å²) in [5.41, 5.74) is -12.1. The fourth-order valence-corrected chi connectivity index (χ4v) is 6.27. The van der Waals surface area contributed by atoms with E-state index in [9.17, 15) is 21.9 Å². The van der Waals surface area contributed by atoms with Crippen molar-refractivity contribution in [2.45, 2.75) is 0 Å². The molecule has 56 heavy (non-hydrogen) atoms. The SMILES string of the molecule is [2H]c1c([2H])c([2H])c(-c2c([2H])c([2H])c([2H])c(-c3c([2H])c([2H])c(-n4c5c([2H])c([2H])c([2H])c([2H])c5c5c([2H])c(-c6c([2H])c([2H])c7c(c6[2H])c6c([2H])c([2H])c([2H])c([2H])c6n7-c6c([2H])c([2H])c([2H])c([2H])c6-c6c([2H])c([2H])c([2H])c([2H])c6[2H])c([2H])c([2H])c54)c([2H])c3[2H])c2[2H])c([2H])c1[2H]. The normalized spacial score (nSPS) is 20.6. The lowest BCUT2D eigenvalue weighted by Gasteiger charge is -2.14. The lowest BCUT2D eigenvalue weighted by molar-refractivity contribution is 1.18. The lowest BCUT2D eigenvalue weighted by Crippen LogP contribution is -1.97. The zero-order valence-electron chi connectivity index (χ0n) is 63.9. The molecule has 9 aromatic carbocycles. The maximum Gasteiger partial charge on any atom is 0.0645 e. The molecule has 0 N–H and O–H groups in total. The van der Waals surface area contributed by atoms with Crippen molar-refractivity contribution in [3.8, 4) is 55.9 Å². The zero-order valence-corrected chi connectivity index (χ0v) is 27.9. The third kappa shape index (κ3) is 5.26. The van der Waals surface area contributed by atoms with Crippen molar-refractivity contribution >= 4 is 43.6 Å². The molecule has 2 heterocycles. The topological polar surface area (TPSA) is 9.86 Å². The van der Waals surface area contributed by atoms with Crippen LogP contribution in [0.3, 0.4) is 0 Å². The molecule has 0 saturated carbocycles. The highest BCUT2D eigenvalue weighted by Gasteiger charge is 2.18. The maximum atomic E-state index is 9.99. The number of fused-ring (bicyclic) bond motifs is 6. The van der Waals surface area contributed by atoms with Crippen LogP contribution >= 0.6 is 0 Å². The molecule has 11 rings (SSSR count). The molecule has 0 unspecified atom stereocenters. The average Bonchev–Trinajstić information content (AvgIpc) is 1.51. The number of para-hydroxylation sites is 3. The summed E-state index contributed by atoms with van der Waals surface area (Å²) in [4.78, 5) is 0. The van der Waals surface area contributed by atoms with Crippen molar-refractivity contribution in [3.05, 3.63) is 218 Å². The van der Waals surface area contributed by atoms with Crippen molar-refractivity contribution in [1.82, 2.24) is 9.13 Å². The Kier molecular flexibility index (Phi) is 2.89.